The van der Waals surface area contributed by atoms with Crippen LogP contribution in [0.25, 0.3) is 0 Å². The zero-order chi connectivity index (χ0) is 13.3. The van der Waals surface area contributed by atoms with E-state index in [0.29, 0.717) is 16.0 Å². The average Bonchev–Trinajstić information content (AvgIpc) is 2.73. The Balaban J connectivity index is 2.23. The highest BCUT2D eigenvalue weighted by molar-refractivity contribution is 9.10. The Morgan fingerprint density at radius 1 is 1.56 bits per heavy atom. The minimum absolute atomic E-state index is 0.0878. The second-order valence-corrected chi connectivity index (χ2v) is 6.12. The van der Waals surface area contributed by atoms with E-state index in [4.69, 9.17) is 0 Å². The van der Waals surface area contributed by atoms with Gasteiger partial charge in [-0.15, -0.1) is 0 Å². The van der Waals surface area contributed by atoms with Gasteiger partial charge < -0.3 is 4.90 Å². The number of alkyl halides is 1. The van der Waals surface area contributed by atoms with Gasteiger partial charge >= 0.3 is 0 Å². The molecule has 0 aliphatic carbocycles. The number of hydrogen-bond acceptors (Lipinski definition) is 1. The van der Waals surface area contributed by atoms with Gasteiger partial charge in [0.2, 0.25) is 0 Å². The van der Waals surface area contributed by atoms with E-state index in [1.807, 2.05) is 4.90 Å². The number of likely N-dealkylation sites (tertiary alicyclic amines) is 1. The van der Waals surface area contributed by atoms with Crippen molar-refractivity contribution < 1.29 is 9.18 Å². The van der Waals surface area contributed by atoms with Crippen molar-refractivity contribution in [2.45, 2.75) is 19.4 Å². The summed E-state index contributed by atoms with van der Waals surface area (Å²) >= 11 is 6.54. The molecule has 1 aliphatic heterocycles. The van der Waals surface area contributed by atoms with Gasteiger partial charge in [0, 0.05) is 23.5 Å². The molecule has 98 valence electrons. The Hall–Kier alpha value is -0.420. The molecule has 1 amide bonds. The Bertz CT molecular complexity index is 466. The van der Waals surface area contributed by atoms with E-state index in [1.54, 1.807) is 12.1 Å². The molecular formula is C13H14Br2FNO. The van der Waals surface area contributed by atoms with Crippen LogP contribution < -0.4 is 0 Å². The van der Waals surface area contributed by atoms with E-state index < -0.39 is 5.82 Å². The van der Waals surface area contributed by atoms with Crippen molar-refractivity contribution in [2.24, 2.45) is 5.92 Å². The van der Waals surface area contributed by atoms with E-state index >= 15 is 0 Å². The van der Waals surface area contributed by atoms with Crippen molar-refractivity contribution >= 4 is 37.8 Å². The average molecular weight is 379 g/mol. The number of hydrogen-bond donors (Lipinski definition) is 0. The molecule has 18 heavy (non-hydrogen) atoms. The van der Waals surface area contributed by atoms with Crippen molar-refractivity contribution in [2.75, 3.05) is 11.9 Å². The van der Waals surface area contributed by atoms with Gasteiger partial charge in [0.05, 0.1) is 4.47 Å². The van der Waals surface area contributed by atoms with Crippen LogP contribution in [0.15, 0.2) is 22.7 Å². The molecule has 2 rings (SSSR count). The lowest BCUT2D eigenvalue weighted by Crippen LogP contribution is -2.38. The fraction of sp³-hybridized carbons (Fsp3) is 0.462. The summed E-state index contributed by atoms with van der Waals surface area (Å²) in [5.41, 5.74) is 0.413. The number of amides is 1. The first-order valence-electron chi connectivity index (χ1n) is 5.86. The summed E-state index contributed by atoms with van der Waals surface area (Å²) in [7, 11) is 0. The summed E-state index contributed by atoms with van der Waals surface area (Å²) in [5.74, 6) is -0.00712. The van der Waals surface area contributed by atoms with Crippen LogP contribution in [0.1, 0.15) is 23.7 Å². The third-order valence-electron chi connectivity index (χ3n) is 3.47. The molecule has 0 N–H and O–H groups in total. The maximum absolute atomic E-state index is 13.5. The summed E-state index contributed by atoms with van der Waals surface area (Å²) in [6.45, 7) is 2.88. The summed E-state index contributed by atoms with van der Waals surface area (Å²) in [6, 6.07) is 4.72. The lowest BCUT2D eigenvalue weighted by atomic mass is 10.0. The largest absolute Gasteiger partial charge is 0.335 e. The van der Waals surface area contributed by atoms with Crippen LogP contribution in [0.3, 0.4) is 0 Å². The van der Waals surface area contributed by atoms with Gasteiger partial charge in [-0.25, -0.2) is 4.39 Å². The molecule has 1 heterocycles. The number of nitrogens with zero attached hydrogens (tertiary/aromatic N) is 1. The maximum Gasteiger partial charge on any atom is 0.254 e. The highest BCUT2D eigenvalue weighted by Crippen LogP contribution is 2.27. The van der Waals surface area contributed by atoms with Crippen LogP contribution in [-0.2, 0) is 0 Å². The van der Waals surface area contributed by atoms with Crippen molar-refractivity contribution in [3.8, 4) is 0 Å². The molecule has 0 saturated carbocycles. The van der Waals surface area contributed by atoms with Gasteiger partial charge in [-0.05, 0) is 46.5 Å². The van der Waals surface area contributed by atoms with E-state index in [2.05, 4.69) is 38.8 Å². The zero-order valence-electron chi connectivity index (χ0n) is 10.00. The van der Waals surface area contributed by atoms with Crippen molar-refractivity contribution in [1.82, 2.24) is 4.90 Å². The first-order valence-corrected chi connectivity index (χ1v) is 7.78. The van der Waals surface area contributed by atoms with E-state index in [0.717, 1.165) is 18.3 Å². The molecule has 1 fully saturated rings. The molecule has 0 aromatic heterocycles. The minimum atomic E-state index is -0.400. The summed E-state index contributed by atoms with van der Waals surface area (Å²) in [4.78, 5) is 14.2. The molecule has 2 atom stereocenters. The Morgan fingerprint density at radius 2 is 2.28 bits per heavy atom. The van der Waals surface area contributed by atoms with Gasteiger partial charge in [-0.3, -0.25) is 4.79 Å². The third kappa shape index (κ3) is 2.62. The third-order valence-corrected chi connectivity index (χ3v) is 4.77. The summed E-state index contributed by atoms with van der Waals surface area (Å²) < 4.78 is 13.8. The Kier molecular flexibility index (Phi) is 4.43. The van der Waals surface area contributed by atoms with Crippen LogP contribution >= 0.6 is 31.9 Å². The summed E-state index contributed by atoms with van der Waals surface area (Å²) in [6.07, 6.45) is 1.00. The van der Waals surface area contributed by atoms with Gasteiger partial charge in [0.15, 0.2) is 0 Å². The number of rotatable bonds is 2. The summed E-state index contributed by atoms with van der Waals surface area (Å²) in [5, 5.41) is 0.763. The van der Waals surface area contributed by atoms with Gasteiger partial charge in [0.25, 0.3) is 5.91 Å². The highest BCUT2D eigenvalue weighted by Gasteiger charge is 2.34. The second-order valence-electron chi connectivity index (χ2n) is 4.62. The predicted octanol–water partition coefficient (Wildman–Crippen LogP) is 3.83. The molecule has 5 heteroatoms. The number of carbonyl (C=O) groups excluding carboxylic acids is 1. The van der Waals surface area contributed by atoms with E-state index in [1.165, 1.54) is 6.07 Å². The number of carbonyl (C=O) groups is 1. The second kappa shape index (κ2) is 5.70. The van der Waals surface area contributed by atoms with Gasteiger partial charge in [-0.1, -0.05) is 22.9 Å². The van der Waals surface area contributed by atoms with E-state index in [9.17, 15) is 9.18 Å². The van der Waals surface area contributed by atoms with Crippen LogP contribution in [0.5, 0.6) is 0 Å². The molecule has 0 radical (unpaired) electrons. The zero-order valence-corrected chi connectivity index (χ0v) is 13.2. The van der Waals surface area contributed by atoms with Crippen molar-refractivity contribution in [3.05, 3.63) is 34.1 Å². The Labute approximate surface area is 123 Å². The highest BCUT2D eigenvalue weighted by atomic mass is 79.9. The molecule has 1 aliphatic rings. The topological polar surface area (TPSA) is 20.3 Å². The molecule has 1 saturated heterocycles. The lowest BCUT2D eigenvalue weighted by molar-refractivity contribution is 0.0738. The standard InChI is InChI=1S/C13H14Br2FNO/c1-8-4-5-17(12(8)7-14)13(18)9-2-3-10(15)11(16)6-9/h2-3,6,8,12H,4-5,7H2,1H3. The quantitative estimate of drug-likeness (QED) is 0.716. The van der Waals surface area contributed by atoms with Crippen LogP contribution in [-0.4, -0.2) is 28.7 Å². The molecule has 1 aromatic carbocycles. The van der Waals surface area contributed by atoms with E-state index in [-0.39, 0.29) is 11.9 Å². The first kappa shape index (κ1) is 14.0. The van der Waals surface area contributed by atoms with Crippen LogP contribution in [0.4, 0.5) is 4.39 Å². The Morgan fingerprint density at radius 3 is 2.89 bits per heavy atom. The monoisotopic (exact) mass is 377 g/mol. The SMILES string of the molecule is CC1CCN(C(=O)c2ccc(Br)c(F)c2)C1CBr. The molecule has 2 nitrogen and oxygen atoms in total. The van der Waals surface area contributed by atoms with Crippen molar-refractivity contribution in [3.63, 3.8) is 0 Å². The first-order chi connectivity index (χ1) is 8.54. The predicted molar refractivity (Wildman–Crippen MR) is 76.5 cm³/mol. The van der Waals surface area contributed by atoms with Gasteiger partial charge in [0.1, 0.15) is 5.82 Å². The van der Waals surface area contributed by atoms with Crippen molar-refractivity contribution in [1.29, 1.82) is 0 Å². The minimum Gasteiger partial charge on any atom is -0.335 e. The number of benzene rings is 1. The fourth-order valence-electron chi connectivity index (χ4n) is 2.29. The smallest absolute Gasteiger partial charge is 0.254 e. The molecule has 1 aromatic rings. The lowest BCUT2D eigenvalue weighted by Gasteiger charge is -2.25. The molecule has 2 unspecified atom stereocenters. The van der Waals surface area contributed by atoms with Gasteiger partial charge in [-0.2, -0.15) is 0 Å². The van der Waals surface area contributed by atoms with Crippen LogP contribution in [0, 0.1) is 11.7 Å². The molecule has 0 bridgehead atoms. The number of halogens is 3. The maximum atomic E-state index is 13.5. The van der Waals surface area contributed by atoms with Crippen LogP contribution in [0.2, 0.25) is 0 Å². The molecular weight excluding hydrogens is 365 g/mol. The fourth-order valence-corrected chi connectivity index (χ4v) is 3.52. The normalized spacial score (nSPS) is 23.4. The molecule has 0 spiro atoms.